The Kier molecular flexibility index (Phi) is 14.8. The van der Waals surface area contributed by atoms with Gasteiger partial charge >= 0.3 is 0 Å². The van der Waals surface area contributed by atoms with Crippen molar-refractivity contribution in [2.75, 3.05) is 66.3 Å². The van der Waals surface area contributed by atoms with E-state index in [1.54, 1.807) is 0 Å². The number of likely N-dealkylation sites (N-methyl/N-ethyl adjacent to an activating group) is 1. The minimum Gasteiger partial charge on any atom is -0.394 e. The average Bonchev–Trinajstić information content (AvgIpc) is 2.79. The number of hydrogen-bond acceptors (Lipinski definition) is 10. The minimum absolute atomic E-state index is 0.103. The third kappa shape index (κ3) is 11.0. The van der Waals surface area contributed by atoms with Gasteiger partial charge in [-0.2, -0.15) is 0 Å². The first-order valence-electron chi connectivity index (χ1n) is 11.4. The maximum atomic E-state index is 12.1. The van der Waals surface area contributed by atoms with Crippen LogP contribution in [0.2, 0.25) is 0 Å². The summed E-state index contributed by atoms with van der Waals surface area (Å²) in [5, 5.41) is 37.9. The van der Waals surface area contributed by atoms with E-state index in [0.717, 1.165) is 6.54 Å². The van der Waals surface area contributed by atoms with Crippen molar-refractivity contribution in [1.29, 1.82) is 0 Å². The summed E-state index contributed by atoms with van der Waals surface area (Å²) in [5.74, 6) is -0.967. The summed E-state index contributed by atoms with van der Waals surface area (Å²) in [6.07, 6.45) is -4.05. The van der Waals surface area contributed by atoms with Crippen molar-refractivity contribution in [2.24, 2.45) is 0 Å². The van der Waals surface area contributed by atoms with Gasteiger partial charge in [-0.1, -0.05) is 0 Å². The summed E-state index contributed by atoms with van der Waals surface area (Å²) >= 11 is 0. The zero-order valence-corrected chi connectivity index (χ0v) is 20.2. The van der Waals surface area contributed by atoms with E-state index in [9.17, 15) is 29.7 Å². The van der Waals surface area contributed by atoms with Crippen LogP contribution >= 0.6 is 0 Å². The first-order valence-corrected chi connectivity index (χ1v) is 11.4. The highest BCUT2D eigenvalue weighted by Crippen LogP contribution is 2.23. The number of rotatable bonds is 16. The molecule has 1 fully saturated rings. The van der Waals surface area contributed by atoms with Gasteiger partial charge in [0, 0.05) is 40.1 Å². The summed E-state index contributed by atoms with van der Waals surface area (Å²) in [7, 11) is 1.82. The number of nitrogens with zero attached hydrogens (tertiary/aromatic N) is 1. The molecule has 0 aromatic rings. The molecular formula is C21H40N4O9. The van der Waals surface area contributed by atoms with E-state index in [-0.39, 0.29) is 44.5 Å². The van der Waals surface area contributed by atoms with Crippen LogP contribution in [0.3, 0.4) is 0 Å². The van der Waals surface area contributed by atoms with Crippen molar-refractivity contribution >= 4 is 17.7 Å². The van der Waals surface area contributed by atoms with Gasteiger partial charge in [0.15, 0.2) is 0 Å². The molecule has 198 valence electrons. The molecule has 6 N–H and O–H groups in total. The zero-order valence-electron chi connectivity index (χ0n) is 20.2. The topological polar surface area (TPSA) is 179 Å². The van der Waals surface area contributed by atoms with Gasteiger partial charge in [-0.15, -0.1) is 0 Å². The molecule has 1 heterocycles. The first-order chi connectivity index (χ1) is 16.2. The van der Waals surface area contributed by atoms with Gasteiger partial charge in [0.05, 0.1) is 45.1 Å². The van der Waals surface area contributed by atoms with E-state index in [1.165, 1.54) is 18.7 Å². The smallest absolute Gasteiger partial charge is 0.239 e. The largest absolute Gasteiger partial charge is 0.394 e. The van der Waals surface area contributed by atoms with E-state index >= 15 is 0 Å². The predicted octanol–water partition coefficient (Wildman–Crippen LogP) is -3.42. The second kappa shape index (κ2) is 16.7. The molecule has 1 aliphatic heterocycles. The second-order valence-corrected chi connectivity index (χ2v) is 8.01. The zero-order chi connectivity index (χ0) is 25.5. The molecule has 0 radical (unpaired) electrons. The van der Waals surface area contributed by atoms with Gasteiger partial charge in [-0.25, -0.2) is 0 Å². The Morgan fingerprint density at radius 2 is 1.65 bits per heavy atom. The number of aliphatic hydroxyl groups is 3. The molecule has 3 amide bonds. The van der Waals surface area contributed by atoms with Crippen LogP contribution in [-0.2, 0) is 28.6 Å². The normalized spacial score (nSPS) is 24.5. The Morgan fingerprint density at radius 3 is 2.26 bits per heavy atom. The Balaban J connectivity index is 2.39. The van der Waals surface area contributed by atoms with E-state index in [1.807, 2.05) is 7.05 Å². The predicted molar refractivity (Wildman–Crippen MR) is 121 cm³/mol. The number of carbonyl (C=O) groups excluding carboxylic acids is 3. The van der Waals surface area contributed by atoms with Crippen molar-refractivity contribution in [1.82, 2.24) is 20.9 Å². The third-order valence-electron chi connectivity index (χ3n) is 5.30. The summed E-state index contributed by atoms with van der Waals surface area (Å²) in [5.41, 5.74) is 0. The Morgan fingerprint density at radius 1 is 0.971 bits per heavy atom. The summed E-state index contributed by atoms with van der Waals surface area (Å²) < 4.78 is 16.5. The first kappa shape index (κ1) is 30.2. The molecule has 34 heavy (non-hydrogen) atoms. The number of amides is 3. The molecule has 0 aromatic carbocycles. The van der Waals surface area contributed by atoms with Gasteiger partial charge in [-0.05, 0) is 13.5 Å². The molecule has 5 atom stereocenters. The van der Waals surface area contributed by atoms with Gasteiger partial charge in [-0.3, -0.25) is 14.4 Å². The number of aliphatic hydroxyl groups excluding tert-OH is 3. The standard InChI is InChI=1S/C21H40N4O9/c1-14(27)24-19-16(34-17(13-26)20(30)21(19)31)4-8-32-11-7-25(15(2)28)12-18(29)23-6-10-33-9-5-22-3/h16-17,19-22,26,30-31H,4-13H2,1-3H3,(H,23,29)(H,24,27). The molecule has 0 aliphatic carbocycles. The molecule has 0 spiro atoms. The molecule has 13 heteroatoms. The van der Waals surface area contributed by atoms with Crippen LogP contribution in [0, 0.1) is 0 Å². The summed E-state index contributed by atoms with van der Waals surface area (Å²) in [6.45, 7) is 4.57. The number of carbonyl (C=O) groups is 3. The minimum atomic E-state index is -1.34. The Bertz CT molecular complexity index is 625. The molecule has 0 bridgehead atoms. The van der Waals surface area contributed by atoms with Crippen molar-refractivity contribution in [3.8, 4) is 0 Å². The molecule has 13 nitrogen and oxygen atoms in total. The monoisotopic (exact) mass is 492 g/mol. The van der Waals surface area contributed by atoms with Crippen LogP contribution in [0.5, 0.6) is 0 Å². The molecule has 5 unspecified atom stereocenters. The second-order valence-electron chi connectivity index (χ2n) is 8.01. The molecular weight excluding hydrogens is 452 g/mol. The van der Waals surface area contributed by atoms with Crippen molar-refractivity contribution < 1.29 is 43.9 Å². The summed E-state index contributed by atoms with van der Waals surface area (Å²) in [6, 6.07) is -0.862. The van der Waals surface area contributed by atoms with E-state index < -0.39 is 43.0 Å². The van der Waals surface area contributed by atoms with Gasteiger partial charge in [0.2, 0.25) is 17.7 Å². The highest BCUT2D eigenvalue weighted by Gasteiger charge is 2.44. The van der Waals surface area contributed by atoms with Crippen molar-refractivity contribution in [3.63, 3.8) is 0 Å². The van der Waals surface area contributed by atoms with Crippen LogP contribution < -0.4 is 16.0 Å². The van der Waals surface area contributed by atoms with E-state index in [4.69, 9.17) is 14.2 Å². The lowest BCUT2D eigenvalue weighted by molar-refractivity contribution is -0.198. The maximum absolute atomic E-state index is 12.1. The van der Waals surface area contributed by atoms with Crippen LogP contribution in [0.15, 0.2) is 0 Å². The van der Waals surface area contributed by atoms with Crippen LogP contribution in [0.25, 0.3) is 0 Å². The molecule has 1 rings (SSSR count). The van der Waals surface area contributed by atoms with Crippen molar-refractivity contribution in [2.45, 2.75) is 50.7 Å². The lowest BCUT2D eigenvalue weighted by atomic mass is 9.91. The molecule has 0 aromatic heterocycles. The number of hydrogen-bond donors (Lipinski definition) is 6. The lowest BCUT2D eigenvalue weighted by Gasteiger charge is -2.42. The van der Waals surface area contributed by atoms with Crippen LogP contribution in [0.1, 0.15) is 20.3 Å². The fourth-order valence-corrected chi connectivity index (χ4v) is 3.45. The van der Waals surface area contributed by atoms with Gasteiger partial charge in [0.25, 0.3) is 0 Å². The number of nitrogens with one attached hydrogen (secondary N) is 3. The van der Waals surface area contributed by atoms with Gasteiger partial charge < -0.3 is 50.4 Å². The van der Waals surface area contributed by atoms with Crippen LogP contribution in [-0.4, -0.2) is 135 Å². The van der Waals surface area contributed by atoms with Gasteiger partial charge in [0.1, 0.15) is 18.3 Å². The Hall–Kier alpha value is -1.87. The third-order valence-corrected chi connectivity index (χ3v) is 5.30. The molecule has 1 aliphatic rings. The highest BCUT2D eigenvalue weighted by atomic mass is 16.5. The van der Waals surface area contributed by atoms with Crippen molar-refractivity contribution in [3.05, 3.63) is 0 Å². The van der Waals surface area contributed by atoms with E-state index in [0.29, 0.717) is 19.8 Å². The fourth-order valence-electron chi connectivity index (χ4n) is 3.45. The maximum Gasteiger partial charge on any atom is 0.239 e. The molecule has 1 saturated heterocycles. The SMILES string of the molecule is CNCCOCCNC(=O)CN(CCOCCC1OC(CO)C(O)C(O)C1NC(C)=O)C(C)=O. The lowest BCUT2D eigenvalue weighted by Crippen LogP contribution is -2.64. The summed E-state index contributed by atoms with van der Waals surface area (Å²) in [4.78, 5) is 36.7. The Labute approximate surface area is 200 Å². The fraction of sp³-hybridized carbons (Fsp3) is 0.857. The van der Waals surface area contributed by atoms with Crippen LogP contribution in [0.4, 0.5) is 0 Å². The number of ether oxygens (including phenoxy) is 3. The quantitative estimate of drug-likeness (QED) is 0.119. The average molecular weight is 493 g/mol. The van der Waals surface area contributed by atoms with E-state index in [2.05, 4.69) is 16.0 Å². The molecule has 0 saturated carbocycles. The highest BCUT2D eigenvalue weighted by molar-refractivity contribution is 5.83.